The van der Waals surface area contributed by atoms with Crippen LogP contribution in [0.4, 0.5) is 0 Å². The molecule has 3 rings (SSSR count). The standard InChI is InChI=1S/C24H16I2N2O/c1-16-6-8-17(9-7-16)21(14-28)10-20-11-22(25)12-23(26)24(20)29-15-19-5-3-2-4-18(19)13-27/h2-12H,15H2,1H3/b21-10-. The van der Waals surface area contributed by atoms with Crippen LogP contribution in [0.25, 0.3) is 11.6 Å². The molecule has 3 aromatic carbocycles. The fourth-order valence-corrected chi connectivity index (χ4v) is 4.86. The second kappa shape index (κ2) is 9.91. The highest BCUT2D eigenvalue weighted by molar-refractivity contribution is 14.1. The summed E-state index contributed by atoms with van der Waals surface area (Å²) < 4.78 is 8.15. The number of allylic oxidation sites excluding steroid dienone is 1. The van der Waals surface area contributed by atoms with Gasteiger partial charge in [-0.05, 0) is 81.9 Å². The molecule has 142 valence electrons. The minimum absolute atomic E-state index is 0.285. The van der Waals surface area contributed by atoms with E-state index in [4.69, 9.17) is 4.74 Å². The van der Waals surface area contributed by atoms with E-state index in [-0.39, 0.29) is 6.61 Å². The van der Waals surface area contributed by atoms with Crippen LogP contribution in [0.2, 0.25) is 0 Å². The van der Waals surface area contributed by atoms with Gasteiger partial charge in [0.05, 0.1) is 26.8 Å². The number of hydrogen-bond donors (Lipinski definition) is 0. The third kappa shape index (κ3) is 5.37. The summed E-state index contributed by atoms with van der Waals surface area (Å²) in [5, 5.41) is 19.0. The molecule has 0 atom stereocenters. The second-order valence-corrected chi connectivity index (χ2v) is 8.81. The van der Waals surface area contributed by atoms with Crippen molar-refractivity contribution in [2.45, 2.75) is 13.5 Å². The lowest BCUT2D eigenvalue weighted by Crippen LogP contribution is -2.01. The predicted octanol–water partition coefficient (Wildman–Crippen LogP) is 6.72. The van der Waals surface area contributed by atoms with Crippen molar-refractivity contribution in [2.24, 2.45) is 0 Å². The number of halogens is 2. The van der Waals surface area contributed by atoms with Gasteiger partial charge in [-0.15, -0.1) is 0 Å². The van der Waals surface area contributed by atoms with Crippen LogP contribution in [0.5, 0.6) is 5.75 Å². The average molecular weight is 602 g/mol. The lowest BCUT2D eigenvalue weighted by Gasteiger charge is -2.13. The molecular weight excluding hydrogens is 586 g/mol. The molecule has 0 saturated heterocycles. The van der Waals surface area contributed by atoms with E-state index in [1.54, 1.807) is 6.07 Å². The Morgan fingerprint density at radius 1 is 1.03 bits per heavy atom. The lowest BCUT2D eigenvalue weighted by atomic mass is 10.0. The zero-order valence-electron chi connectivity index (χ0n) is 15.6. The number of aryl methyl sites for hydroxylation is 1. The maximum absolute atomic E-state index is 9.72. The van der Waals surface area contributed by atoms with Crippen molar-refractivity contribution in [1.29, 1.82) is 10.5 Å². The number of benzene rings is 3. The van der Waals surface area contributed by atoms with Gasteiger partial charge in [0, 0.05) is 14.7 Å². The Labute approximate surface area is 197 Å². The van der Waals surface area contributed by atoms with Crippen LogP contribution in [0.1, 0.15) is 27.8 Å². The van der Waals surface area contributed by atoms with Crippen LogP contribution in [0.15, 0.2) is 60.7 Å². The van der Waals surface area contributed by atoms with Crippen LogP contribution in [0.3, 0.4) is 0 Å². The topological polar surface area (TPSA) is 56.8 Å². The van der Waals surface area contributed by atoms with Crippen LogP contribution < -0.4 is 4.74 Å². The van der Waals surface area contributed by atoms with Crippen molar-refractivity contribution < 1.29 is 4.74 Å². The number of nitriles is 2. The van der Waals surface area contributed by atoms with E-state index in [9.17, 15) is 10.5 Å². The molecule has 0 radical (unpaired) electrons. The molecule has 0 amide bonds. The molecule has 0 fully saturated rings. The molecule has 3 nitrogen and oxygen atoms in total. The van der Waals surface area contributed by atoms with Gasteiger partial charge >= 0.3 is 0 Å². The van der Waals surface area contributed by atoms with E-state index >= 15 is 0 Å². The van der Waals surface area contributed by atoms with Gasteiger partial charge < -0.3 is 4.74 Å². The highest BCUT2D eigenvalue weighted by Crippen LogP contribution is 2.32. The van der Waals surface area contributed by atoms with Gasteiger partial charge in [0.2, 0.25) is 0 Å². The first-order chi connectivity index (χ1) is 14.0. The molecule has 3 aromatic rings. The summed E-state index contributed by atoms with van der Waals surface area (Å²) in [6.07, 6.45) is 1.86. The van der Waals surface area contributed by atoms with Crippen molar-refractivity contribution in [3.8, 4) is 17.9 Å². The molecule has 0 N–H and O–H groups in total. The van der Waals surface area contributed by atoms with Gasteiger partial charge in [-0.2, -0.15) is 10.5 Å². The second-order valence-electron chi connectivity index (χ2n) is 6.40. The number of rotatable bonds is 5. The Balaban J connectivity index is 2.00. The summed E-state index contributed by atoms with van der Waals surface area (Å²) in [7, 11) is 0. The van der Waals surface area contributed by atoms with Crippen molar-refractivity contribution in [3.05, 3.63) is 95.6 Å². The summed E-state index contributed by atoms with van der Waals surface area (Å²) >= 11 is 4.50. The van der Waals surface area contributed by atoms with Crippen LogP contribution in [-0.4, -0.2) is 0 Å². The zero-order chi connectivity index (χ0) is 20.8. The number of nitrogens with zero attached hydrogens (tertiary/aromatic N) is 2. The van der Waals surface area contributed by atoms with E-state index in [2.05, 4.69) is 57.3 Å². The molecule has 0 aromatic heterocycles. The maximum Gasteiger partial charge on any atom is 0.140 e. The summed E-state index contributed by atoms with van der Waals surface area (Å²) in [5.74, 6) is 0.707. The van der Waals surface area contributed by atoms with E-state index in [0.29, 0.717) is 16.9 Å². The third-order valence-corrected chi connectivity index (χ3v) is 5.75. The summed E-state index contributed by atoms with van der Waals surface area (Å²) in [6.45, 7) is 2.31. The first-order valence-corrected chi connectivity index (χ1v) is 11.0. The zero-order valence-corrected chi connectivity index (χ0v) is 19.9. The Hall–Kier alpha value is -2.36. The quantitative estimate of drug-likeness (QED) is 0.185. The summed E-state index contributed by atoms with van der Waals surface area (Å²) in [6, 6.07) is 23.8. The normalized spacial score (nSPS) is 10.9. The Bertz CT molecular complexity index is 1150. The van der Waals surface area contributed by atoms with E-state index in [1.165, 1.54) is 0 Å². The van der Waals surface area contributed by atoms with Crippen molar-refractivity contribution in [1.82, 2.24) is 0 Å². The SMILES string of the molecule is Cc1ccc(/C(C#N)=C\c2cc(I)cc(I)c2OCc2ccccc2C#N)cc1. The molecule has 0 aliphatic rings. The molecule has 0 aliphatic heterocycles. The highest BCUT2D eigenvalue weighted by Gasteiger charge is 2.12. The minimum atomic E-state index is 0.285. The summed E-state index contributed by atoms with van der Waals surface area (Å²) in [4.78, 5) is 0. The largest absolute Gasteiger partial charge is 0.487 e. The van der Waals surface area contributed by atoms with Crippen molar-refractivity contribution in [3.63, 3.8) is 0 Å². The van der Waals surface area contributed by atoms with Crippen molar-refractivity contribution >= 4 is 56.8 Å². The Kier molecular flexibility index (Phi) is 7.29. The van der Waals surface area contributed by atoms with Crippen molar-refractivity contribution in [2.75, 3.05) is 0 Å². The van der Waals surface area contributed by atoms with Gasteiger partial charge in [-0.3, -0.25) is 0 Å². The average Bonchev–Trinajstić information content (AvgIpc) is 2.72. The van der Waals surface area contributed by atoms with E-state index in [0.717, 1.165) is 29.4 Å². The Morgan fingerprint density at radius 3 is 2.45 bits per heavy atom. The predicted molar refractivity (Wildman–Crippen MR) is 132 cm³/mol. The molecule has 0 heterocycles. The molecule has 0 aliphatic carbocycles. The Morgan fingerprint density at radius 2 is 1.76 bits per heavy atom. The molecule has 0 saturated carbocycles. The van der Waals surface area contributed by atoms with Gasteiger partial charge in [0.15, 0.2) is 0 Å². The van der Waals surface area contributed by atoms with Gasteiger partial charge in [0.1, 0.15) is 12.4 Å². The van der Waals surface area contributed by atoms with Gasteiger partial charge in [-0.25, -0.2) is 0 Å². The molecule has 0 unspecified atom stereocenters. The third-order valence-electron chi connectivity index (χ3n) is 4.33. The fraction of sp³-hybridized carbons (Fsp3) is 0.0833. The molecular formula is C24H16I2N2O. The van der Waals surface area contributed by atoms with Gasteiger partial charge in [0.25, 0.3) is 0 Å². The monoisotopic (exact) mass is 602 g/mol. The fourth-order valence-electron chi connectivity index (χ4n) is 2.81. The molecule has 5 heteroatoms. The van der Waals surface area contributed by atoms with E-state index < -0.39 is 0 Å². The summed E-state index contributed by atoms with van der Waals surface area (Å²) in [5.41, 5.74) is 4.86. The van der Waals surface area contributed by atoms with E-state index in [1.807, 2.05) is 67.6 Å². The van der Waals surface area contributed by atoms with Crippen LogP contribution in [-0.2, 0) is 6.61 Å². The lowest BCUT2D eigenvalue weighted by molar-refractivity contribution is 0.303. The first-order valence-electron chi connectivity index (χ1n) is 8.80. The van der Waals surface area contributed by atoms with Crippen LogP contribution in [0, 0.1) is 36.7 Å². The maximum atomic E-state index is 9.72. The molecule has 29 heavy (non-hydrogen) atoms. The van der Waals surface area contributed by atoms with Gasteiger partial charge in [-0.1, -0.05) is 48.0 Å². The smallest absolute Gasteiger partial charge is 0.140 e. The first kappa shape index (κ1) is 21.4. The number of ether oxygens (including phenoxy) is 1. The minimum Gasteiger partial charge on any atom is -0.487 e. The molecule has 0 spiro atoms. The van der Waals surface area contributed by atoms with Crippen LogP contribution >= 0.6 is 45.2 Å². The molecule has 0 bridgehead atoms. The highest BCUT2D eigenvalue weighted by atomic mass is 127. The number of hydrogen-bond acceptors (Lipinski definition) is 3.